The highest BCUT2D eigenvalue weighted by atomic mass is 16.1. The standard InChI is InChI=1S/C64H104O2.C2H6/c1-7-12-39-57(6)56-60(40-29-21-17-13-15-19-25-33-48-63(52-53-63)50-35-27-23-31-42-61(65)46-44-58(10-4)37-8-2)41-30-22-18-14-16-20-26-34-49-64(54-55-64)51-36-28-24-32-43-62(66)47-45-59(11-5)38-9-3;1-2/h8-11,33-38,48-51,60H,6-7,12-32,39-47,52-56H2,1-5H3;1-2H3/b37-8-,38-9-,48-33-,49-34-,50-35-,51-36-,58-10+,59-11+;. The van der Waals surface area contributed by atoms with Gasteiger partial charge in [-0.3, -0.25) is 9.59 Å². The Hall–Kier alpha value is -3.00. The van der Waals surface area contributed by atoms with Crippen molar-refractivity contribution < 1.29 is 9.59 Å². The maximum Gasteiger partial charge on any atom is 0.133 e. The summed E-state index contributed by atoms with van der Waals surface area (Å²) >= 11 is 0. The van der Waals surface area contributed by atoms with Crippen LogP contribution in [-0.4, -0.2) is 11.6 Å². The van der Waals surface area contributed by atoms with Crippen molar-refractivity contribution in [3.05, 3.63) is 108 Å². The second-order valence-electron chi connectivity index (χ2n) is 20.7. The van der Waals surface area contributed by atoms with Gasteiger partial charge in [-0.15, -0.1) is 0 Å². The molecule has 2 aliphatic carbocycles. The highest BCUT2D eigenvalue weighted by Gasteiger charge is 2.37. The van der Waals surface area contributed by atoms with Gasteiger partial charge in [-0.2, -0.15) is 0 Å². The average molecular weight is 936 g/mol. The molecule has 0 heterocycles. The zero-order valence-electron chi connectivity index (χ0n) is 46.1. The summed E-state index contributed by atoms with van der Waals surface area (Å²) in [5, 5.41) is 0. The summed E-state index contributed by atoms with van der Waals surface area (Å²) < 4.78 is 0. The first-order chi connectivity index (χ1) is 33.2. The van der Waals surface area contributed by atoms with E-state index in [4.69, 9.17) is 0 Å². The molecule has 2 nitrogen and oxygen atoms in total. The number of ketones is 2. The Kier molecular flexibility index (Phi) is 39.7. The largest absolute Gasteiger partial charge is 0.300 e. The van der Waals surface area contributed by atoms with E-state index in [2.05, 4.69) is 112 Å². The van der Waals surface area contributed by atoms with Gasteiger partial charge in [0.1, 0.15) is 11.6 Å². The van der Waals surface area contributed by atoms with Crippen LogP contribution in [0.1, 0.15) is 280 Å². The molecule has 0 atom stereocenters. The van der Waals surface area contributed by atoms with Crippen LogP contribution in [0, 0.1) is 16.7 Å². The predicted octanol–water partition coefficient (Wildman–Crippen LogP) is 21.7. The molecule has 0 radical (unpaired) electrons. The second kappa shape index (κ2) is 42.8. The Bertz CT molecular complexity index is 1420. The summed E-state index contributed by atoms with van der Waals surface area (Å²) in [6, 6.07) is 0. The van der Waals surface area contributed by atoms with Crippen molar-refractivity contribution in [2.45, 2.75) is 280 Å². The molecule has 2 heteroatoms. The molecule has 0 aromatic rings. The van der Waals surface area contributed by atoms with E-state index in [1.807, 2.05) is 27.7 Å². The third-order valence-corrected chi connectivity index (χ3v) is 14.4. The van der Waals surface area contributed by atoms with Crippen LogP contribution in [0.2, 0.25) is 0 Å². The minimum absolute atomic E-state index is 0.343. The fraction of sp³-hybridized carbons (Fsp3) is 0.697. The van der Waals surface area contributed by atoms with Crippen LogP contribution < -0.4 is 0 Å². The highest BCUT2D eigenvalue weighted by Crippen LogP contribution is 2.49. The first-order valence-electron chi connectivity index (χ1n) is 29.2. The van der Waals surface area contributed by atoms with Gasteiger partial charge in [-0.25, -0.2) is 0 Å². The average Bonchev–Trinajstić information content (AvgIpc) is 4.30. The molecule has 2 aliphatic rings. The minimum Gasteiger partial charge on any atom is -0.300 e. The van der Waals surface area contributed by atoms with Crippen LogP contribution in [0.4, 0.5) is 0 Å². The first-order valence-corrected chi connectivity index (χ1v) is 29.2. The molecule has 386 valence electrons. The van der Waals surface area contributed by atoms with E-state index in [9.17, 15) is 9.59 Å². The van der Waals surface area contributed by atoms with E-state index in [-0.39, 0.29) is 0 Å². The molecule has 0 aromatic carbocycles. The lowest BCUT2D eigenvalue weighted by atomic mass is 9.87. The summed E-state index contributed by atoms with van der Waals surface area (Å²) in [6.45, 7) is 19.0. The number of carbonyl (C=O) groups is 2. The number of allylic oxidation sites excluding steroid dienone is 17. The van der Waals surface area contributed by atoms with Gasteiger partial charge in [0.15, 0.2) is 0 Å². The Labute approximate surface area is 424 Å². The van der Waals surface area contributed by atoms with Crippen molar-refractivity contribution in [2.24, 2.45) is 16.7 Å². The first kappa shape index (κ1) is 63.0. The maximum atomic E-state index is 12.3. The molecule has 0 N–H and O–H groups in total. The number of hydrogen-bond donors (Lipinski definition) is 0. The van der Waals surface area contributed by atoms with Crippen LogP contribution in [0.25, 0.3) is 0 Å². The maximum absolute atomic E-state index is 12.3. The molecule has 0 amide bonds. The van der Waals surface area contributed by atoms with E-state index < -0.39 is 0 Å². The summed E-state index contributed by atoms with van der Waals surface area (Å²) in [5.74, 6) is 1.66. The molecule has 0 aromatic heterocycles. The van der Waals surface area contributed by atoms with Crippen molar-refractivity contribution in [3.63, 3.8) is 0 Å². The van der Waals surface area contributed by atoms with Crippen molar-refractivity contribution in [1.29, 1.82) is 0 Å². The fourth-order valence-electron chi connectivity index (χ4n) is 9.49. The number of Topliss-reactive ketones (excluding diaryl/α,β-unsaturated/α-hetero) is 2. The van der Waals surface area contributed by atoms with Gasteiger partial charge in [-0.1, -0.05) is 213 Å². The van der Waals surface area contributed by atoms with E-state index in [0.717, 1.165) is 70.1 Å². The number of hydrogen-bond acceptors (Lipinski definition) is 2. The van der Waals surface area contributed by atoms with Crippen LogP contribution in [-0.2, 0) is 9.59 Å². The Morgan fingerprint density at radius 3 is 1.15 bits per heavy atom. The van der Waals surface area contributed by atoms with Crippen LogP contribution in [0.15, 0.2) is 108 Å². The summed E-state index contributed by atoms with van der Waals surface area (Å²) in [7, 11) is 0. The predicted molar refractivity (Wildman–Crippen MR) is 304 cm³/mol. The molecular formula is C66H110O2. The lowest BCUT2D eigenvalue weighted by molar-refractivity contribution is -0.119. The van der Waals surface area contributed by atoms with Gasteiger partial charge in [0.2, 0.25) is 0 Å². The number of rotatable bonds is 45. The number of unbranched alkanes of at least 4 members (excludes halogenated alkanes) is 17. The summed E-state index contributed by atoms with van der Waals surface area (Å²) in [5.41, 5.74) is 4.72. The quantitative estimate of drug-likeness (QED) is 0.0346. The van der Waals surface area contributed by atoms with Gasteiger partial charge in [0, 0.05) is 36.5 Å². The Balaban J connectivity index is 0.0000114. The molecule has 2 rings (SSSR count). The van der Waals surface area contributed by atoms with Gasteiger partial charge in [0.25, 0.3) is 0 Å². The van der Waals surface area contributed by atoms with Gasteiger partial charge in [-0.05, 0) is 156 Å². The third kappa shape index (κ3) is 35.2. The van der Waals surface area contributed by atoms with Crippen molar-refractivity contribution in [1.82, 2.24) is 0 Å². The van der Waals surface area contributed by atoms with Crippen molar-refractivity contribution >= 4 is 11.6 Å². The van der Waals surface area contributed by atoms with Crippen LogP contribution in [0.3, 0.4) is 0 Å². The molecular weight excluding hydrogens is 825 g/mol. The summed E-state index contributed by atoms with van der Waals surface area (Å²) in [4.78, 5) is 24.6. The van der Waals surface area contributed by atoms with Gasteiger partial charge in [0.05, 0.1) is 0 Å². The lowest BCUT2D eigenvalue weighted by Crippen LogP contribution is -2.03. The van der Waals surface area contributed by atoms with Crippen molar-refractivity contribution in [3.8, 4) is 0 Å². The number of carbonyl (C=O) groups excluding carboxylic acids is 2. The lowest BCUT2D eigenvalue weighted by Gasteiger charge is -2.18. The molecule has 0 unspecified atom stereocenters. The molecule has 0 aliphatic heterocycles. The van der Waals surface area contributed by atoms with E-state index >= 15 is 0 Å². The monoisotopic (exact) mass is 935 g/mol. The second-order valence-corrected chi connectivity index (χ2v) is 20.7. The zero-order valence-corrected chi connectivity index (χ0v) is 46.1. The van der Waals surface area contributed by atoms with Crippen molar-refractivity contribution in [2.75, 3.05) is 0 Å². The minimum atomic E-state index is 0.343. The van der Waals surface area contributed by atoms with Gasteiger partial charge < -0.3 is 0 Å². The molecule has 2 saturated carbocycles. The van der Waals surface area contributed by atoms with E-state index in [1.165, 1.54) is 171 Å². The molecule has 0 spiro atoms. The SMILES string of the molecule is C=C(CCCC)CC(CCCCCCCC/C=C\C1(/C=C\CCCCC(=O)CCC(/C=C\C)=C/C)CC1)CCCCCCCC/C=C\C1(/C=C\CCCCC(=O)CCC(/C=C\C)=C/C)CC1.CC. The molecule has 68 heavy (non-hydrogen) atoms. The fourth-order valence-corrected chi connectivity index (χ4v) is 9.49. The Morgan fingerprint density at radius 2 is 0.809 bits per heavy atom. The zero-order chi connectivity index (χ0) is 49.8. The van der Waals surface area contributed by atoms with E-state index in [0.29, 0.717) is 35.2 Å². The molecule has 2 fully saturated rings. The normalized spacial score (nSPS) is 15.8. The molecule has 0 saturated heterocycles. The topological polar surface area (TPSA) is 34.1 Å². The Morgan fingerprint density at radius 1 is 0.456 bits per heavy atom. The highest BCUT2D eigenvalue weighted by molar-refractivity contribution is 5.79. The van der Waals surface area contributed by atoms with Crippen LogP contribution in [0.5, 0.6) is 0 Å². The third-order valence-electron chi connectivity index (χ3n) is 14.4. The van der Waals surface area contributed by atoms with E-state index in [1.54, 1.807) is 0 Å². The smallest absolute Gasteiger partial charge is 0.133 e. The van der Waals surface area contributed by atoms with Crippen LogP contribution >= 0.6 is 0 Å². The van der Waals surface area contributed by atoms with Gasteiger partial charge >= 0.3 is 0 Å². The summed E-state index contributed by atoms with van der Waals surface area (Å²) in [6.07, 6.45) is 75.2. The molecule has 0 bridgehead atoms.